The maximum atomic E-state index is 13.0. The molecule has 1 aromatic heterocycles. The quantitative estimate of drug-likeness (QED) is 0.940. The molecule has 24 heavy (non-hydrogen) atoms. The molecule has 2 aromatic rings. The van der Waals surface area contributed by atoms with Gasteiger partial charge in [0.2, 0.25) is 0 Å². The summed E-state index contributed by atoms with van der Waals surface area (Å²) in [5, 5.41) is 7.11. The molecule has 1 aromatic carbocycles. The number of methoxy groups -OCH3 is 1. The Labute approximate surface area is 142 Å². The number of rotatable bonds is 3. The highest BCUT2D eigenvalue weighted by Gasteiger charge is 2.42. The second kappa shape index (κ2) is 5.96. The number of benzene rings is 1. The number of carbonyl (C=O) groups is 1. The maximum absolute atomic E-state index is 13.0. The molecular weight excluding hydrogens is 302 g/mol. The summed E-state index contributed by atoms with van der Waals surface area (Å²) in [6, 6.07) is 7.71. The van der Waals surface area contributed by atoms with E-state index in [0.717, 1.165) is 36.5 Å². The molecule has 1 N–H and O–H groups in total. The Hall–Kier alpha value is -2.30. The highest BCUT2D eigenvalue weighted by Crippen LogP contribution is 2.45. The lowest BCUT2D eigenvalue weighted by molar-refractivity contribution is 0.0774. The molecule has 1 amide bonds. The Morgan fingerprint density at radius 3 is 2.92 bits per heavy atom. The summed E-state index contributed by atoms with van der Waals surface area (Å²) in [7, 11) is 1.64. The minimum atomic E-state index is 0.0883. The topological polar surface area (TPSA) is 58.2 Å². The minimum absolute atomic E-state index is 0.0883. The number of ether oxygens (including phenoxy) is 1. The van der Waals surface area contributed by atoms with Gasteiger partial charge in [-0.15, -0.1) is 0 Å². The van der Waals surface area contributed by atoms with Gasteiger partial charge in [0.15, 0.2) is 0 Å². The van der Waals surface area contributed by atoms with Crippen LogP contribution in [0.4, 0.5) is 0 Å². The Balaban J connectivity index is 1.59. The van der Waals surface area contributed by atoms with Gasteiger partial charge in [-0.3, -0.25) is 9.89 Å². The van der Waals surface area contributed by atoms with Crippen LogP contribution in [0.2, 0.25) is 0 Å². The molecule has 2 aliphatic rings. The van der Waals surface area contributed by atoms with Crippen LogP contribution in [0.25, 0.3) is 11.3 Å². The minimum Gasteiger partial charge on any atom is -0.497 e. The van der Waals surface area contributed by atoms with Crippen LogP contribution in [-0.2, 0) is 0 Å². The zero-order chi connectivity index (χ0) is 16.6. The molecule has 1 aliphatic heterocycles. The van der Waals surface area contributed by atoms with E-state index in [2.05, 4.69) is 10.2 Å². The predicted molar refractivity (Wildman–Crippen MR) is 92.0 cm³/mol. The molecule has 0 atom stereocenters. The van der Waals surface area contributed by atoms with Gasteiger partial charge in [-0.25, -0.2) is 0 Å². The van der Waals surface area contributed by atoms with Crippen LogP contribution in [-0.4, -0.2) is 41.2 Å². The Bertz CT molecular complexity index is 747. The van der Waals surface area contributed by atoms with Gasteiger partial charge in [-0.2, -0.15) is 5.10 Å². The smallest absolute Gasteiger partial charge is 0.257 e. The van der Waals surface area contributed by atoms with E-state index in [1.54, 1.807) is 13.3 Å². The van der Waals surface area contributed by atoms with Crippen molar-refractivity contribution in [1.82, 2.24) is 15.1 Å². The van der Waals surface area contributed by atoms with Crippen LogP contribution in [0.15, 0.2) is 30.5 Å². The molecule has 1 aliphatic carbocycles. The maximum Gasteiger partial charge on any atom is 0.257 e. The van der Waals surface area contributed by atoms with Gasteiger partial charge in [0.1, 0.15) is 5.75 Å². The summed E-state index contributed by atoms with van der Waals surface area (Å²) in [4.78, 5) is 15.0. The molecule has 126 valence electrons. The van der Waals surface area contributed by atoms with Crippen molar-refractivity contribution in [3.8, 4) is 17.0 Å². The molecule has 0 radical (unpaired) electrons. The van der Waals surface area contributed by atoms with Crippen LogP contribution in [0.5, 0.6) is 5.75 Å². The fourth-order valence-corrected chi connectivity index (χ4v) is 4.26. The predicted octanol–water partition coefficient (Wildman–Crippen LogP) is 3.49. The summed E-state index contributed by atoms with van der Waals surface area (Å²) in [6.45, 7) is 1.76. The summed E-state index contributed by atoms with van der Waals surface area (Å²) in [5.41, 5.74) is 2.73. The summed E-state index contributed by atoms with van der Waals surface area (Å²) < 4.78 is 5.29. The van der Waals surface area contributed by atoms with E-state index in [0.29, 0.717) is 11.0 Å². The molecule has 4 rings (SSSR count). The SMILES string of the molecule is COc1cccc(-c2[nH]ncc2C(=O)N2CCC3(CCCC3)C2)c1. The first-order valence-electron chi connectivity index (χ1n) is 8.68. The van der Waals surface area contributed by atoms with E-state index in [-0.39, 0.29) is 5.91 Å². The molecule has 5 heteroatoms. The van der Waals surface area contributed by atoms with E-state index in [9.17, 15) is 4.79 Å². The first kappa shape index (κ1) is 15.2. The third-order valence-electron chi connectivity index (χ3n) is 5.62. The number of hydrogen-bond acceptors (Lipinski definition) is 3. The average Bonchev–Trinajstić information content (AvgIpc) is 3.36. The molecule has 2 fully saturated rings. The van der Waals surface area contributed by atoms with Crippen LogP contribution >= 0.6 is 0 Å². The highest BCUT2D eigenvalue weighted by molar-refractivity contribution is 6.00. The van der Waals surface area contributed by atoms with Gasteiger partial charge in [0.25, 0.3) is 5.91 Å². The Kier molecular flexibility index (Phi) is 3.79. The van der Waals surface area contributed by atoms with Crippen LogP contribution in [0, 0.1) is 5.41 Å². The third-order valence-corrected chi connectivity index (χ3v) is 5.62. The van der Waals surface area contributed by atoms with Crippen LogP contribution < -0.4 is 4.74 Å². The number of carbonyl (C=O) groups excluding carboxylic acids is 1. The molecular formula is C19H23N3O2. The number of amides is 1. The van der Waals surface area contributed by atoms with Gasteiger partial charge in [-0.05, 0) is 36.8 Å². The summed E-state index contributed by atoms with van der Waals surface area (Å²) in [6.07, 6.45) is 7.95. The fourth-order valence-electron chi connectivity index (χ4n) is 4.26. The molecule has 1 spiro atoms. The van der Waals surface area contributed by atoms with E-state index in [1.165, 1.54) is 25.7 Å². The van der Waals surface area contributed by atoms with Gasteiger partial charge in [0, 0.05) is 18.7 Å². The molecule has 1 saturated carbocycles. The van der Waals surface area contributed by atoms with Gasteiger partial charge < -0.3 is 9.64 Å². The summed E-state index contributed by atoms with van der Waals surface area (Å²) >= 11 is 0. The number of nitrogens with zero attached hydrogens (tertiary/aromatic N) is 2. The van der Waals surface area contributed by atoms with E-state index in [1.807, 2.05) is 29.2 Å². The lowest BCUT2D eigenvalue weighted by atomic mass is 9.86. The van der Waals surface area contributed by atoms with E-state index < -0.39 is 0 Å². The van der Waals surface area contributed by atoms with Gasteiger partial charge in [-0.1, -0.05) is 25.0 Å². The normalized spacial score (nSPS) is 19.1. The molecule has 0 bridgehead atoms. The lowest BCUT2D eigenvalue weighted by Crippen LogP contribution is -2.31. The van der Waals surface area contributed by atoms with Crippen molar-refractivity contribution in [3.05, 3.63) is 36.0 Å². The van der Waals surface area contributed by atoms with Crippen molar-refractivity contribution >= 4 is 5.91 Å². The van der Waals surface area contributed by atoms with Crippen molar-refractivity contribution in [2.24, 2.45) is 5.41 Å². The van der Waals surface area contributed by atoms with Gasteiger partial charge in [0.05, 0.1) is 24.6 Å². The number of nitrogens with one attached hydrogen (secondary N) is 1. The fraction of sp³-hybridized carbons (Fsp3) is 0.474. The van der Waals surface area contributed by atoms with E-state index >= 15 is 0 Å². The number of hydrogen-bond donors (Lipinski definition) is 1. The van der Waals surface area contributed by atoms with Crippen molar-refractivity contribution < 1.29 is 9.53 Å². The number of aromatic amines is 1. The van der Waals surface area contributed by atoms with Crippen LogP contribution in [0.1, 0.15) is 42.5 Å². The van der Waals surface area contributed by atoms with Crippen LogP contribution in [0.3, 0.4) is 0 Å². The highest BCUT2D eigenvalue weighted by atomic mass is 16.5. The summed E-state index contributed by atoms with van der Waals surface area (Å²) in [5.74, 6) is 0.858. The molecule has 2 heterocycles. The third kappa shape index (κ3) is 2.58. The lowest BCUT2D eigenvalue weighted by Gasteiger charge is -2.23. The standard InChI is InChI=1S/C19H23N3O2/c1-24-15-6-4-5-14(11-15)17-16(12-20-21-17)18(23)22-10-9-19(13-22)7-2-3-8-19/h4-6,11-12H,2-3,7-10,13H2,1H3,(H,20,21). The zero-order valence-corrected chi connectivity index (χ0v) is 14.0. The largest absolute Gasteiger partial charge is 0.497 e. The monoisotopic (exact) mass is 325 g/mol. The Morgan fingerprint density at radius 1 is 1.29 bits per heavy atom. The van der Waals surface area contributed by atoms with Crippen molar-refractivity contribution in [1.29, 1.82) is 0 Å². The average molecular weight is 325 g/mol. The van der Waals surface area contributed by atoms with Crippen molar-refractivity contribution in [2.75, 3.05) is 20.2 Å². The second-order valence-electron chi connectivity index (χ2n) is 7.07. The number of H-pyrrole nitrogens is 1. The van der Waals surface area contributed by atoms with E-state index in [4.69, 9.17) is 4.74 Å². The number of likely N-dealkylation sites (tertiary alicyclic amines) is 1. The number of aromatic nitrogens is 2. The van der Waals surface area contributed by atoms with Gasteiger partial charge >= 0.3 is 0 Å². The first-order valence-corrected chi connectivity index (χ1v) is 8.68. The zero-order valence-electron chi connectivity index (χ0n) is 14.0. The molecule has 5 nitrogen and oxygen atoms in total. The first-order chi connectivity index (χ1) is 11.7. The molecule has 1 saturated heterocycles. The van der Waals surface area contributed by atoms with Crippen molar-refractivity contribution in [3.63, 3.8) is 0 Å². The second-order valence-corrected chi connectivity index (χ2v) is 7.07. The Morgan fingerprint density at radius 2 is 2.12 bits per heavy atom. The molecule has 0 unspecified atom stereocenters. The van der Waals surface area contributed by atoms with Crippen molar-refractivity contribution in [2.45, 2.75) is 32.1 Å².